The molecule has 0 saturated heterocycles. The van der Waals surface area contributed by atoms with Gasteiger partial charge in [-0.1, -0.05) is 212 Å². The Kier molecular flexibility index (Phi) is 8.53. The van der Waals surface area contributed by atoms with Gasteiger partial charge in [-0.25, -0.2) is 4.98 Å². The van der Waals surface area contributed by atoms with Crippen LogP contribution in [0.1, 0.15) is 22.3 Å². The van der Waals surface area contributed by atoms with Crippen molar-refractivity contribution in [2.24, 2.45) is 0 Å². The zero-order valence-electron chi connectivity index (χ0n) is 37.1. The van der Waals surface area contributed by atoms with Crippen LogP contribution in [0.4, 0.5) is 0 Å². The third-order valence-corrected chi connectivity index (χ3v) is 14.6. The molecule has 14 rings (SSSR count). The van der Waals surface area contributed by atoms with Crippen LogP contribution in [0.15, 0.2) is 255 Å². The van der Waals surface area contributed by atoms with Crippen LogP contribution in [0.25, 0.3) is 106 Å². The van der Waals surface area contributed by atoms with Crippen LogP contribution in [0.2, 0.25) is 0 Å². The molecule has 316 valence electrons. The van der Waals surface area contributed by atoms with Crippen molar-refractivity contribution in [3.05, 3.63) is 277 Å². The van der Waals surface area contributed by atoms with Crippen LogP contribution >= 0.6 is 0 Å². The summed E-state index contributed by atoms with van der Waals surface area (Å²) >= 11 is 0. The fourth-order valence-electron chi connectivity index (χ4n) is 11.6. The van der Waals surface area contributed by atoms with Gasteiger partial charge in [-0.3, -0.25) is 0 Å². The van der Waals surface area contributed by atoms with Gasteiger partial charge in [-0.2, -0.15) is 0 Å². The number of benzene rings is 10. The SMILES string of the molecule is c1ccc(-c2ccc(-c3cc(-c4ccc(-c5ccc6c(c5)C5(c7ccccc7-c7ccccc75)c5ccccc5-6)cc4)nc(-c4cccc(-n5c6ccccc6c6ccccc65)c4)c3)cc2)cc1. The lowest BCUT2D eigenvalue weighted by Gasteiger charge is -2.30. The highest BCUT2D eigenvalue weighted by molar-refractivity contribution is 6.09. The molecular weight excluding hydrogens is 821 g/mol. The van der Waals surface area contributed by atoms with Crippen molar-refractivity contribution in [1.29, 1.82) is 0 Å². The Hall–Kier alpha value is -8.85. The average Bonchev–Trinajstić information content (AvgIpc) is 4.03. The summed E-state index contributed by atoms with van der Waals surface area (Å²) in [6.07, 6.45) is 0. The highest BCUT2D eigenvalue weighted by Gasteiger charge is 2.51. The van der Waals surface area contributed by atoms with Crippen molar-refractivity contribution in [1.82, 2.24) is 9.55 Å². The number of fused-ring (bicyclic) bond motifs is 13. The molecule has 68 heavy (non-hydrogen) atoms. The van der Waals surface area contributed by atoms with Crippen molar-refractivity contribution in [2.75, 3.05) is 0 Å². The number of hydrogen-bond acceptors (Lipinski definition) is 1. The van der Waals surface area contributed by atoms with E-state index in [-0.39, 0.29) is 5.41 Å². The first kappa shape index (κ1) is 38.4. The molecule has 0 atom stereocenters. The van der Waals surface area contributed by atoms with Crippen molar-refractivity contribution in [3.63, 3.8) is 0 Å². The molecule has 2 aliphatic rings. The molecule has 0 unspecified atom stereocenters. The second kappa shape index (κ2) is 15.1. The lowest BCUT2D eigenvalue weighted by Crippen LogP contribution is -2.25. The molecule has 2 heteroatoms. The predicted molar refractivity (Wildman–Crippen MR) is 282 cm³/mol. The summed E-state index contributed by atoms with van der Waals surface area (Å²) in [5, 5.41) is 2.49. The van der Waals surface area contributed by atoms with E-state index in [9.17, 15) is 0 Å². The summed E-state index contributed by atoms with van der Waals surface area (Å²) in [5.41, 5.74) is 24.8. The molecule has 1 spiro atoms. The summed E-state index contributed by atoms with van der Waals surface area (Å²) < 4.78 is 2.38. The van der Waals surface area contributed by atoms with Crippen LogP contribution in [0.3, 0.4) is 0 Å². The van der Waals surface area contributed by atoms with Crippen molar-refractivity contribution in [3.8, 4) is 83.8 Å². The zero-order valence-corrected chi connectivity index (χ0v) is 37.1. The fraction of sp³-hybridized carbons (Fsp3) is 0.0152. The van der Waals surface area contributed by atoms with Crippen LogP contribution in [-0.2, 0) is 5.41 Å². The second-order valence-corrected chi connectivity index (χ2v) is 18.2. The maximum absolute atomic E-state index is 5.47. The summed E-state index contributed by atoms with van der Waals surface area (Å²) in [6, 6.07) is 93.4. The number of aromatic nitrogens is 2. The monoisotopic (exact) mass is 862 g/mol. The van der Waals surface area contributed by atoms with Crippen molar-refractivity contribution >= 4 is 21.8 Å². The summed E-state index contributed by atoms with van der Waals surface area (Å²) in [5.74, 6) is 0. The standard InChI is InChI=1S/C66H42N2/c1-2-15-43(16-3-1)44-29-31-46(32-30-44)50-41-62(67-63(42-50)49-17-14-18-51(39-49)68-64-27-12-7-22-56(64)57-23-8-13-28-65(57)68)47-35-33-45(34-36-47)48-37-38-55-54-21-6-11-26-60(54)66(61(55)40-48)58-24-9-4-19-52(58)53-20-5-10-25-59(53)66/h1-42H. The molecule has 0 amide bonds. The van der Waals surface area contributed by atoms with Crippen LogP contribution in [0, 0.1) is 0 Å². The minimum absolute atomic E-state index is 0.381. The Labute approximate surface area is 395 Å². The summed E-state index contributed by atoms with van der Waals surface area (Å²) in [4.78, 5) is 5.47. The van der Waals surface area contributed by atoms with E-state index < -0.39 is 0 Å². The van der Waals surface area contributed by atoms with E-state index in [1.54, 1.807) is 0 Å². The fourth-order valence-corrected chi connectivity index (χ4v) is 11.6. The molecule has 0 fully saturated rings. The first-order valence-corrected chi connectivity index (χ1v) is 23.5. The van der Waals surface area contributed by atoms with Gasteiger partial charge >= 0.3 is 0 Å². The molecule has 2 aliphatic carbocycles. The molecule has 0 bridgehead atoms. The third kappa shape index (κ3) is 5.74. The second-order valence-electron chi connectivity index (χ2n) is 18.2. The summed E-state index contributed by atoms with van der Waals surface area (Å²) in [7, 11) is 0. The number of nitrogens with zero attached hydrogens (tertiary/aromatic N) is 2. The number of hydrogen-bond donors (Lipinski definition) is 0. The topological polar surface area (TPSA) is 17.8 Å². The molecule has 0 radical (unpaired) electrons. The third-order valence-electron chi connectivity index (χ3n) is 14.6. The van der Waals surface area contributed by atoms with E-state index in [2.05, 4.69) is 259 Å². The summed E-state index contributed by atoms with van der Waals surface area (Å²) in [6.45, 7) is 0. The Balaban J connectivity index is 0.886. The largest absolute Gasteiger partial charge is 0.309 e. The molecule has 0 N–H and O–H groups in total. The van der Waals surface area contributed by atoms with Gasteiger partial charge in [-0.15, -0.1) is 0 Å². The molecule has 0 saturated carbocycles. The minimum atomic E-state index is -0.381. The lowest BCUT2D eigenvalue weighted by molar-refractivity contribution is 0.794. The van der Waals surface area contributed by atoms with Crippen LogP contribution < -0.4 is 0 Å². The first-order chi connectivity index (χ1) is 33.7. The smallest absolute Gasteiger partial charge is 0.0725 e. The Morgan fingerprint density at radius 2 is 0.691 bits per heavy atom. The van der Waals surface area contributed by atoms with Gasteiger partial charge in [0.15, 0.2) is 0 Å². The maximum Gasteiger partial charge on any atom is 0.0725 e. The predicted octanol–water partition coefficient (Wildman–Crippen LogP) is 16.9. The molecule has 10 aromatic carbocycles. The van der Waals surface area contributed by atoms with Gasteiger partial charge in [0.2, 0.25) is 0 Å². The van der Waals surface area contributed by atoms with Crippen LogP contribution in [-0.4, -0.2) is 9.55 Å². The molecule has 2 nitrogen and oxygen atoms in total. The Morgan fingerprint density at radius 3 is 1.29 bits per heavy atom. The minimum Gasteiger partial charge on any atom is -0.309 e. The van der Waals surface area contributed by atoms with E-state index in [1.165, 1.54) is 88.6 Å². The Bertz CT molecular complexity index is 3830. The molecular formula is C66H42N2. The number of para-hydroxylation sites is 2. The van der Waals surface area contributed by atoms with Gasteiger partial charge in [0.05, 0.1) is 27.8 Å². The Morgan fingerprint density at radius 1 is 0.265 bits per heavy atom. The zero-order chi connectivity index (χ0) is 44.8. The highest BCUT2D eigenvalue weighted by atomic mass is 15.0. The quantitative estimate of drug-likeness (QED) is 0.163. The van der Waals surface area contributed by atoms with E-state index in [0.717, 1.165) is 39.3 Å². The maximum atomic E-state index is 5.47. The van der Waals surface area contributed by atoms with E-state index in [0.29, 0.717) is 0 Å². The lowest BCUT2D eigenvalue weighted by atomic mass is 9.70. The molecule has 0 aliphatic heterocycles. The van der Waals surface area contributed by atoms with Gasteiger partial charge in [0.25, 0.3) is 0 Å². The van der Waals surface area contributed by atoms with E-state index >= 15 is 0 Å². The number of pyridine rings is 1. The number of rotatable bonds is 6. The van der Waals surface area contributed by atoms with E-state index in [1.807, 2.05) is 0 Å². The normalized spacial score (nSPS) is 12.8. The average molecular weight is 863 g/mol. The first-order valence-electron chi connectivity index (χ1n) is 23.5. The van der Waals surface area contributed by atoms with Crippen molar-refractivity contribution in [2.45, 2.75) is 5.41 Å². The van der Waals surface area contributed by atoms with Gasteiger partial charge in [-0.05, 0) is 120 Å². The van der Waals surface area contributed by atoms with Gasteiger partial charge < -0.3 is 4.57 Å². The van der Waals surface area contributed by atoms with Gasteiger partial charge in [0.1, 0.15) is 0 Å². The molecule has 2 aromatic heterocycles. The molecule has 12 aromatic rings. The van der Waals surface area contributed by atoms with Crippen molar-refractivity contribution < 1.29 is 0 Å². The highest BCUT2D eigenvalue weighted by Crippen LogP contribution is 2.63. The van der Waals surface area contributed by atoms with Crippen LogP contribution in [0.5, 0.6) is 0 Å². The van der Waals surface area contributed by atoms with E-state index in [4.69, 9.17) is 4.98 Å². The molecule has 2 heterocycles. The van der Waals surface area contributed by atoms with Gasteiger partial charge in [0, 0.05) is 27.6 Å².